The molecule has 4 nitrogen and oxygen atoms in total. The van der Waals surface area contributed by atoms with Crippen LogP contribution in [0, 0.1) is 0 Å². The molecular weight excluding hydrogens is 334 g/mol. The van der Waals surface area contributed by atoms with Crippen LogP contribution in [0.4, 0.5) is 13.2 Å². The molecule has 0 aromatic carbocycles. The molecular formula is C13H25F3NO3PSi. The van der Waals surface area contributed by atoms with Crippen LogP contribution in [0.5, 0.6) is 0 Å². The third kappa shape index (κ3) is 6.75. The number of hydrogen-bond acceptors (Lipinski definition) is 4. The van der Waals surface area contributed by atoms with E-state index in [2.05, 4.69) is 19.0 Å². The molecule has 0 saturated heterocycles. The van der Waals surface area contributed by atoms with Crippen LogP contribution in [0.15, 0.2) is 4.99 Å². The SMILES string of the molecule is CCOC(=O)C(=N[C@H](P)CO[Si](C)(C)C(C)(C)C)C(F)(F)F. The lowest BCUT2D eigenvalue weighted by Gasteiger charge is -2.36. The Hall–Kier alpha value is -0.463. The second-order valence-corrected chi connectivity index (χ2v) is 11.9. The van der Waals surface area contributed by atoms with Gasteiger partial charge in [-0.15, -0.1) is 9.24 Å². The molecule has 0 amide bonds. The molecule has 9 heteroatoms. The summed E-state index contributed by atoms with van der Waals surface area (Å²) in [7, 11) is 0.0761. The molecule has 0 aromatic heterocycles. The molecule has 0 heterocycles. The predicted octanol–water partition coefficient (Wildman–Crippen LogP) is 3.78. The zero-order valence-corrected chi connectivity index (χ0v) is 16.0. The summed E-state index contributed by atoms with van der Waals surface area (Å²) in [6.07, 6.45) is -4.85. The van der Waals surface area contributed by atoms with Crippen LogP contribution in [-0.4, -0.2) is 45.2 Å². The summed E-state index contributed by atoms with van der Waals surface area (Å²) >= 11 is 0. The Balaban J connectivity index is 5.02. The third-order valence-corrected chi connectivity index (χ3v) is 8.30. The number of carbonyl (C=O) groups excluding carboxylic acids is 1. The second-order valence-electron chi connectivity index (χ2n) is 6.33. The summed E-state index contributed by atoms with van der Waals surface area (Å²) in [6.45, 7) is 11.4. The van der Waals surface area contributed by atoms with Crippen molar-refractivity contribution in [3.05, 3.63) is 0 Å². The van der Waals surface area contributed by atoms with Crippen molar-refractivity contribution in [3.8, 4) is 0 Å². The van der Waals surface area contributed by atoms with E-state index in [4.69, 9.17) is 4.43 Å². The Bertz CT molecular complexity index is 420. The van der Waals surface area contributed by atoms with E-state index in [-0.39, 0.29) is 18.3 Å². The van der Waals surface area contributed by atoms with E-state index in [1.54, 1.807) is 0 Å². The van der Waals surface area contributed by atoms with Gasteiger partial charge in [-0.25, -0.2) is 4.79 Å². The van der Waals surface area contributed by atoms with Crippen LogP contribution in [0.25, 0.3) is 0 Å². The summed E-state index contributed by atoms with van der Waals surface area (Å²) in [6, 6.07) is 0. The van der Waals surface area contributed by atoms with Crippen LogP contribution >= 0.6 is 9.24 Å². The first-order valence-corrected chi connectivity index (χ1v) is 10.5. The number of ether oxygens (including phenoxy) is 1. The fourth-order valence-electron chi connectivity index (χ4n) is 1.15. The molecule has 0 aliphatic heterocycles. The van der Waals surface area contributed by atoms with Gasteiger partial charge in [0, 0.05) is 0 Å². The van der Waals surface area contributed by atoms with Gasteiger partial charge < -0.3 is 9.16 Å². The molecule has 0 N–H and O–H groups in total. The van der Waals surface area contributed by atoms with E-state index >= 15 is 0 Å². The lowest BCUT2D eigenvalue weighted by molar-refractivity contribution is -0.139. The number of alkyl halides is 3. The molecule has 0 radical (unpaired) electrons. The highest BCUT2D eigenvalue weighted by Gasteiger charge is 2.43. The fourth-order valence-corrected chi connectivity index (χ4v) is 2.61. The van der Waals surface area contributed by atoms with Gasteiger partial charge in [0.2, 0.25) is 5.71 Å². The number of rotatable bonds is 6. The highest BCUT2D eigenvalue weighted by atomic mass is 31.0. The van der Waals surface area contributed by atoms with Crippen molar-refractivity contribution in [2.24, 2.45) is 4.99 Å². The van der Waals surface area contributed by atoms with Crippen molar-refractivity contribution in [1.82, 2.24) is 0 Å². The maximum absolute atomic E-state index is 12.8. The average Bonchev–Trinajstić information content (AvgIpc) is 2.31. The molecule has 130 valence electrons. The van der Waals surface area contributed by atoms with Crippen molar-refractivity contribution in [1.29, 1.82) is 0 Å². The highest BCUT2D eigenvalue weighted by Crippen LogP contribution is 2.36. The second kappa shape index (κ2) is 7.88. The highest BCUT2D eigenvalue weighted by molar-refractivity contribution is 7.17. The van der Waals surface area contributed by atoms with Gasteiger partial charge in [0.25, 0.3) is 0 Å². The number of aliphatic imine (C=N–C) groups is 1. The fraction of sp³-hybridized carbons (Fsp3) is 0.846. The monoisotopic (exact) mass is 359 g/mol. The first-order chi connectivity index (χ1) is 9.72. The van der Waals surface area contributed by atoms with E-state index in [0.29, 0.717) is 0 Å². The summed E-state index contributed by atoms with van der Waals surface area (Å²) in [5.41, 5.74) is -1.53. The molecule has 0 bridgehead atoms. The van der Waals surface area contributed by atoms with Crippen molar-refractivity contribution >= 4 is 29.2 Å². The van der Waals surface area contributed by atoms with Gasteiger partial charge in [-0.2, -0.15) is 13.2 Å². The predicted molar refractivity (Wildman–Crippen MR) is 86.8 cm³/mol. The van der Waals surface area contributed by atoms with Gasteiger partial charge >= 0.3 is 12.1 Å². The number of nitrogens with zero attached hydrogens (tertiary/aromatic N) is 1. The molecule has 0 rings (SSSR count). The molecule has 0 aliphatic rings. The molecule has 22 heavy (non-hydrogen) atoms. The molecule has 0 saturated carbocycles. The first kappa shape index (κ1) is 21.5. The summed E-state index contributed by atoms with van der Waals surface area (Å²) < 4.78 is 48.7. The molecule has 0 aromatic rings. The number of halogens is 3. The maximum atomic E-state index is 12.8. The van der Waals surface area contributed by atoms with Crippen molar-refractivity contribution < 1.29 is 27.1 Å². The van der Waals surface area contributed by atoms with Crippen LogP contribution in [0.1, 0.15) is 27.7 Å². The Morgan fingerprint density at radius 3 is 2.14 bits per heavy atom. The Morgan fingerprint density at radius 1 is 1.27 bits per heavy atom. The van der Waals surface area contributed by atoms with Crippen molar-refractivity contribution in [2.75, 3.05) is 13.2 Å². The minimum Gasteiger partial charge on any atom is -0.461 e. The lowest BCUT2D eigenvalue weighted by Crippen LogP contribution is -2.42. The van der Waals surface area contributed by atoms with Crippen LogP contribution < -0.4 is 0 Å². The minimum absolute atomic E-state index is 0.000143. The van der Waals surface area contributed by atoms with Gasteiger partial charge in [0.15, 0.2) is 8.32 Å². The van der Waals surface area contributed by atoms with Crippen LogP contribution in [0.3, 0.4) is 0 Å². The first-order valence-electron chi connectivity index (χ1n) is 6.94. The zero-order valence-electron chi connectivity index (χ0n) is 13.9. The quantitative estimate of drug-likeness (QED) is 0.314. The molecule has 0 aliphatic carbocycles. The average molecular weight is 359 g/mol. The van der Waals surface area contributed by atoms with E-state index in [1.165, 1.54) is 6.92 Å². The van der Waals surface area contributed by atoms with Gasteiger partial charge in [-0.3, -0.25) is 4.99 Å². The molecule has 0 spiro atoms. The topological polar surface area (TPSA) is 47.9 Å². The third-order valence-electron chi connectivity index (χ3n) is 3.45. The number of esters is 1. The lowest BCUT2D eigenvalue weighted by atomic mass is 10.2. The largest absolute Gasteiger partial charge is 0.461 e. The summed E-state index contributed by atoms with van der Waals surface area (Å²) in [5.74, 6) is -2.33. The van der Waals surface area contributed by atoms with E-state index in [1.807, 2.05) is 33.9 Å². The standard InChI is InChI=1S/C13H25F3NO3PSi/c1-7-19-11(18)10(13(14,15)16)17-9(21)8-20-22(5,6)12(2,3)4/h9H,7-8,21H2,1-6H3/t9-/m1/s1. The van der Waals surface area contributed by atoms with Gasteiger partial charge in [0.1, 0.15) is 0 Å². The van der Waals surface area contributed by atoms with E-state index in [9.17, 15) is 18.0 Å². The van der Waals surface area contributed by atoms with E-state index < -0.39 is 32.0 Å². The van der Waals surface area contributed by atoms with Crippen LogP contribution in [-0.2, 0) is 14.0 Å². The minimum atomic E-state index is -4.85. The van der Waals surface area contributed by atoms with Crippen molar-refractivity contribution in [2.45, 2.75) is 57.8 Å². The van der Waals surface area contributed by atoms with E-state index in [0.717, 1.165) is 0 Å². The number of hydrogen-bond donors (Lipinski definition) is 0. The smallest absolute Gasteiger partial charge is 0.440 e. The summed E-state index contributed by atoms with van der Waals surface area (Å²) in [4.78, 5) is 14.8. The Kier molecular flexibility index (Phi) is 7.72. The zero-order chi connectivity index (χ0) is 17.8. The molecule has 2 atom stereocenters. The Labute approximate surface area is 133 Å². The van der Waals surface area contributed by atoms with Gasteiger partial charge in [-0.05, 0) is 25.1 Å². The van der Waals surface area contributed by atoms with Crippen LogP contribution in [0.2, 0.25) is 18.1 Å². The van der Waals surface area contributed by atoms with Gasteiger partial charge in [-0.1, -0.05) is 20.8 Å². The molecule has 1 unspecified atom stereocenters. The normalized spacial score (nSPS) is 15.6. The maximum Gasteiger partial charge on any atom is 0.440 e. The van der Waals surface area contributed by atoms with Crippen molar-refractivity contribution in [3.63, 3.8) is 0 Å². The number of carbonyl (C=O) groups is 1. The molecule has 0 fully saturated rings. The Morgan fingerprint density at radius 2 is 1.77 bits per heavy atom. The summed E-state index contributed by atoms with van der Waals surface area (Å²) in [5, 5.41) is -0.0604. The van der Waals surface area contributed by atoms with Gasteiger partial charge in [0.05, 0.1) is 19.0 Å².